The van der Waals surface area contributed by atoms with E-state index in [1.54, 1.807) is 0 Å². The van der Waals surface area contributed by atoms with Gasteiger partial charge in [0.2, 0.25) is 0 Å². The van der Waals surface area contributed by atoms with Crippen LogP contribution in [-0.2, 0) is 16.0 Å². The molecule has 0 fully saturated rings. The quantitative estimate of drug-likeness (QED) is 0.715. The van der Waals surface area contributed by atoms with Crippen LogP contribution in [0.1, 0.15) is 5.69 Å². The highest BCUT2D eigenvalue weighted by Gasteiger charge is 2.08. The van der Waals surface area contributed by atoms with E-state index in [4.69, 9.17) is 0 Å². The average molecular weight is 217 g/mol. The molecule has 1 heterocycles. The average Bonchev–Trinajstić information content (AvgIpc) is 2.17. The van der Waals surface area contributed by atoms with Crippen molar-refractivity contribution >= 4 is 5.97 Å². The van der Waals surface area contributed by atoms with Crippen molar-refractivity contribution in [2.24, 2.45) is 0 Å². The number of carbonyl (C=O) groups excluding carboxylic acids is 1. The molecule has 82 valence electrons. The fourth-order valence-electron chi connectivity index (χ4n) is 0.949. The zero-order chi connectivity index (χ0) is 11.3. The molecule has 6 heteroatoms. The molecule has 0 unspecified atom stereocenters. The molecule has 0 aliphatic carbocycles. The second kappa shape index (κ2) is 5.23. The van der Waals surface area contributed by atoms with Gasteiger partial charge in [-0.25, -0.2) is 0 Å². The van der Waals surface area contributed by atoms with Crippen molar-refractivity contribution in [1.82, 2.24) is 4.98 Å². The Labute approximate surface area is 84.8 Å². The van der Waals surface area contributed by atoms with Crippen LogP contribution in [0.2, 0.25) is 0 Å². The summed E-state index contributed by atoms with van der Waals surface area (Å²) in [6.45, 7) is -2.89. The standard InChI is InChI=1S/C9H9F2NO3/c1-14-8(13)5-6-4-7(2-3-12-6)15-9(10)11/h2-4,9H,5H2,1H3. The van der Waals surface area contributed by atoms with Gasteiger partial charge in [0.1, 0.15) is 5.75 Å². The number of hydrogen-bond donors (Lipinski definition) is 0. The van der Waals surface area contributed by atoms with Gasteiger partial charge in [0.15, 0.2) is 0 Å². The Morgan fingerprint density at radius 3 is 2.93 bits per heavy atom. The molecule has 15 heavy (non-hydrogen) atoms. The number of nitrogens with zero attached hydrogens (tertiary/aromatic N) is 1. The van der Waals surface area contributed by atoms with Gasteiger partial charge in [-0.15, -0.1) is 0 Å². The van der Waals surface area contributed by atoms with Crippen LogP contribution in [0.5, 0.6) is 5.75 Å². The summed E-state index contributed by atoms with van der Waals surface area (Å²) in [5.74, 6) is -0.518. The van der Waals surface area contributed by atoms with Crippen LogP contribution in [0.25, 0.3) is 0 Å². The van der Waals surface area contributed by atoms with Gasteiger partial charge in [-0.05, 0) is 6.07 Å². The molecule has 0 aromatic carbocycles. The first-order valence-corrected chi connectivity index (χ1v) is 4.08. The van der Waals surface area contributed by atoms with E-state index in [1.165, 1.54) is 25.4 Å². The maximum absolute atomic E-state index is 11.8. The molecule has 0 spiro atoms. The van der Waals surface area contributed by atoms with Crippen molar-refractivity contribution < 1.29 is 23.0 Å². The molecule has 1 rings (SSSR count). The molecule has 0 aliphatic heterocycles. The molecule has 0 bridgehead atoms. The number of carbonyl (C=O) groups is 1. The van der Waals surface area contributed by atoms with Gasteiger partial charge in [-0.1, -0.05) is 0 Å². The lowest BCUT2D eigenvalue weighted by Gasteiger charge is -2.05. The molecule has 0 radical (unpaired) electrons. The summed E-state index contributed by atoms with van der Waals surface area (Å²) in [7, 11) is 1.24. The third kappa shape index (κ3) is 3.88. The number of aromatic nitrogens is 1. The van der Waals surface area contributed by atoms with Crippen molar-refractivity contribution in [1.29, 1.82) is 0 Å². The fourth-order valence-corrected chi connectivity index (χ4v) is 0.949. The second-order valence-corrected chi connectivity index (χ2v) is 2.61. The largest absolute Gasteiger partial charge is 0.469 e. The summed E-state index contributed by atoms with van der Waals surface area (Å²) in [6.07, 6.45) is 1.22. The van der Waals surface area contributed by atoms with E-state index in [9.17, 15) is 13.6 Å². The Kier molecular flexibility index (Phi) is 3.96. The Balaban J connectivity index is 2.69. The van der Waals surface area contributed by atoms with Crippen molar-refractivity contribution in [3.05, 3.63) is 24.0 Å². The smallest absolute Gasteiger partial charge is 0.387 e. The van der Waals surface area contributed by atoms with Crippen LogP contribution in [0.15, 0.2) is 18.3 Å². The number of hydrogen-bond acceptors (Lipinski definition) is 4. The minimum absolute atomic E-state index is 0.0288. The van der Waals surface area contributed by atoms with Gasteiger partial charge >= 0.3 is 12.6 Å². The fraction of sp³-hybridized carbons (Fsp3) is 0.333. The van der Waals surface area contributed by atoms with E-state index in [0.717, 1.165) is 0 Å². The molecular formula is C9H9F2NO3. The van der Waals surface area contributed by atoms with Crippen LogP contribution >= 0.6 is 0 Å². The number of halogens is 2. The summed E-state index contributed by atoms with van der Waals surface area (Å²) in [5.41, 5.74) is 0.319. The summed E-state index contributed by atoms with van der Waals surface area (Å²) < 4.78 is 32.2. The first-order valence-electron chi connectivity index (χ1n) is 4.08. The maximum atomic E-state index is 11.8. The van der Waals surface area contributed by atoms with E-state index in [0.29, 0.717) is 5.69 Å². The van der Waals surface area contributed by atoms with Gasteiger partial charge in [0.05, 0.1) is 19.2 Å². The molecule has 0 saturated carbocycles. The van der Waals surface area contributed by atoms with E-state index in [-0.39, 0.29) is 12.2 Å². The molecule has 0 aliphatic rings. The monoisotopic (exact) mass is 217 g/mol. The van der Waals surface area contributed by atoms with E-state index in [2.05, 4.69) is 14.5 Å². The number of pyridine rings is 1. The number of ether oxygens (including phenoxy) is 2. The minimum Gasteiger partial charge on any atom is -0.469 e. The van der Waals surface area contributed by atoms with Crippen LogP contribution in [-0.4, -0.2) is 24.7 Å². The highest BCUT2D eigenvalue weighted by Crippen LogP contribution is 2.14. The third-order valence-electron chi connectivity index (χ3n) is 1.57. The van der Waals surface area contributed by atoms with Crippen molar-refractivity contribution in [2.75, 3.05) is 7.11 Å². The lowest BCUT2D eigenvalue weighted by Crippen LogP contribution is -2.07. The van der Waals surface area contributed by atoms with Gasteiger partial charge < -0.3 is 9.47 Å². The van der Waals surface area contributed by atoms with E-state index >= 15 is 0 Å². The van der Waals surface area contributed by atoms with Crippen molar-refractivity contribution in [3.63, 3.8) is 0 Å². The summed E-state index contributed by atoms with van der Waals surface area (Å²) in [6, 6.07) is 2.55. The first-order chi connectivity index (χ1) is 7.11. The second-order valence-electron chi connectivity index (χ2n) is 2.61. The lowest BCUT2D eigenvalue weighted by atomic mass is 10.2. The van der Waals surface area contributed by atoms with Crippen LogP contribution in [0.4, 0.5) is 8.78 Å². The third-order valence-corrected chi connectivity index (χ3v) is 1.57. The predicted molar refractivity (Wildman–Crippen MR) is 46.6 cm³/mol. The molecule has 0 N–H and O–H groups in total. The zero-order valence-electron chi connectivity index (χ0n) is 7.94. The molecule has 0 amide bonds. The van der Waals surface area contributed by atoms with Crippen molar-refractivity contribution in [3.8, 4) is 5.75 Å². The lowest BCUT2D eigenvalue weighted by molar-refractivity contribution is -0.139. The van der Waals surface area contributed by atoms with Gasteiger partial charge in [-0.2, -0.15) is 8.78 Å². The number of methoxy groups -OCH3 is 1. The van der Waals surface area contributed by atoms with Gasteiger partial charge in [-0.3, -0.25) is 9.78 Å². The maximum Gasteiger partial charge on any atom is 0.387 e. The molecule has 1 aromatic rings. The molecule has 0 saturated heterocycles. The molecular weight excluding hydrogens is 208 g/mol. The molecule has 0 atom stereocenters. The van der Waals surface area contributed by atoms with Crippen molar-refractivity contribution in [2.45, 2.75) is 13.0 Å². The number of alkyl halides is 2. The van der Waals surface area contributed by atoms with Crippen LogP contribution in [0, 0.1) is 0 Å². The minimum atomic E-state index is -2.89. The highest BCUT2D eigenvalue weighted by atomic mass is 19.3. The summed E-state index contributed by atoms with van der Waals surface area (Å²) in [5, 5.41) is 0. The molecule has 4 nitrogen and oxygen atoms in total. The summed E-state index contributed by atoms with van der Waals surface area (Å²) in [4.78, 5) is 14.7. The SMILES string of the molecule is COC(=O)Cc1cc(OC(F)F)ccn1. The number of rotatable bonds is 4. The Bertz CT molecular complexity index is 344. The zero-order valence-corrected chi connectivity index (χ0v) is 7.94. The van der Waals surface area contributed by atoms with Crippen LogP contribution in [0.3, 0.4) is 0 Å². The molecule has 1 aromatic heterocycles. The van der Waals surface area contributed by atoms with E-state index in [1.807, 2.05) is 0 Å². The van der Waals surface area contributed by atoms with Crippen LogP contribution < -0.4 is 4.74 Å². The van der Waals surface area contributed by atoms with Gasteiger partial charge in [0, 0.05) is 12.3 Å². The Hall–Kier alpha value is -1.72. The topological polar surface area (TPSA) is 48.4 Å². The Morgan fingerprint density at radius 1 is 1.60 bits per heavy atom. The highest BCUT2D eigenvalue weighted by molar-refractivity contribution is 5.71. The first kappa shape index (κ1) is 11.4. The predicted octanol–water partition coefficient (Wildman–Crippen LogP) is 1.40. The van der Waals surface area contributed by atoms with E-state index < -0.39 is 12.6 Å². The summed E-state index contributed by atoms with van der Waals surface area (Å²) >= 11 is 0. The normalized spacial score (nSPS) is 10.1. The Morgan fingerprint density at radius 2 is 2.33 bits per heavy atom. The number of esters is 1. The van der Waals surface area contributed by atoms with Gasteiger partial charge in [0.25, 0.3) is 0 Å².